The molecule has 4 rings (SSSR count). The monoisotopic (exact) mass is 401 g/mol. The lowest BCUT2D eigenvalue weighted by atomic mass is 10.3. The number of para-hydroxylation sites is 1. The molecule has 1 aromatic rings. The van der Waals surface area contributed by atoms with Crippen molar-refractivity contribution in [2.75, 3.05) is 44.4 Å². The summed E-state index contributed by atoms with van der Waals surface area (Å²) in [5.41, 5.74) is 0.921. The van der Waals surface area contributed by atoms with Gasteiger partial charge in [-0.2, -0.15) is 0 Å². The Morgan fingerprint density at radius 2 is 1.04 bits per heavy atom. The summed E-state index contributed by atoms with van der Waals surface area (Å²) < 4.78 is 8.22. The third-order valence-corrected chi connectivity index (χ3v) is 10.4. The Hall–Kier alpha value is -0.0900. The average Bonchev–Trinajstić information content (AvgIpc) is 3.37. The highest BCUT2D eigenvalue weighted by molar-refractivity contribution is 7.70. The fraction of sp³-hybridized carbons (Fsp3) is 0.667. The molecule has 0 spiro atoms. The van der Waals surface area contributed by atoms with E-state index in [-0.39, 0.29) is 0 Å². The van der Waals surface area contributed by atoms with Gasteiger partial charge in [-0.05, 0) is 50.7 Å². The number of hydrogen-bond donors (Lipinski definition) is 1. The van der Waals surface area contributed by atoms with E-state index in [1.165, 1.54) is 77.8 Å². The number of anilines is 1. The standard InChI is InChI=1S/C18H28Cl2N4P/c19-16-8-7-9-17(20)18(16)21-25(22-10-1-2-11-22,23-12-3-4-13-23)24-14-5-6-15-24/h7-9,21H,1-6,10-15H2/q+1. The van der Waals surface area contributed by atoms with Crippen molar-refractivity contribution in [3.63, 3.8) is 0 Å². The normalized spacial score (nSPS) is 23.6. The fourth-order valence-corrected chi connectivity index (χ4v) is 9.63. The van der Waals surface area contributed by atoms with Crippen molar-refractivity contribution >= 4 is 36.8 Å². The predicted molar refractivity (Wildman–Crippen MR) is 109 cm³/mol. The lowest BCUT2D eigenvalue weighted by molar-refractivity contribution is 0.377. The molecule has 0 unspecified atom stereocenters. The van der Waals surface area contributed by atoms with Crippen LogP contribution in [-0.4, -0.2) is 53.3 Å². The first-order chi connectivity index (χ1) is 12.2. The first kappa shape index (κ1) is 18.3. The van der Waals surface area contributed by atoms with Gasteiger partial charge in [0.25, 0.3) is 0 Å². The zero-order chi connectivity index (χ0) is 17.3. The van der Waals surface area contributed by atoms with E-state index in [4.69, 9.17) is 23.2 Å². The summed E-state index contributed by atoms with van der Waals surface area (Å²) in [6.45, 7) is 7.06. The van der Waals surface area contributed by atoms with E-state index in [1.54, 1.807) is 0 Å². The highest BCUT2D eigenvalue weighted by atomic mass is 35.5. The second kappa shape index (κ2) is 7.88. The number of hydrogen-bond acceptors (Lipinski definition) is 4. The van der Waals surface area contributed by atoms with Crippen molar-refractivity contribution in [3.05, 3.63) is 28.2 Å². The molecule has 4 nitrogen and oxygen atoms in total. The molecule has 0 amide bonds. The predicted octanol–water partition coefficient (Wildman–Crippen LogP) is 5.37. The number of nitrogens with zero attached hydrogens (tertiary/aromatic N) is 3. The topological polar surface area (TPSA) is 21.8 Å². The summed E-state index contributed by atoms with van der Waals surface area (Å²) >= 11 is 13.1. The number of benzene rings is 1. The maximum Gasteiger partial charge on any atom is 0.329 e. The molecular weight excluding hydrogens is 374 g/mol. The Kier molecular flexibility index (Phi) is 5.76. The molecular formula is C18H28Cl2N4P+. The van der Waals surface area contributed by atoms with Crippen molar-refractivity contribution in [2.45, 2.75) is 38.5 Å². The molecule has 0 bridgehead atoms. The Labute approximate surface area is 162 Å². The fourth-order valence-electron chi connectivity index (χ4n) is 4.44. The second-order valence-corrected chi connectivity index (χ2v) is 11.1. The van der Waals surface area contributed by atoms with Crippen molar-refractivity contribution in [3.8, 4) is 0 Å². The van der Waals surface area contributed by atoms with Crippen LogP contribution in [0.1, 0.15) is 38.5 Å². The Morgan fingerprint density at radius 1 is 0.680 bits per heavy atom. The lowest BCUT2D eigenvalue weighted by Crippen LogP contribution is -2.46. The van der Waals surface area contributed by atoms with E-state index in [0.29, 0.717) is 0 Å². The van der Waals surface area contributed by atoms with Gasteiger partial charge in [-0.15, -0.1) is 14.0 Å². The molecule has 3 saturated heterocycles. The first-order valence-electron chi connectivity index (χ1n) is 9.59. The molecule has 7 heteroatoms. The molecule has 0 radical (unpaired) electrons. The first-order valence-corrected chi connectivity index (χ1v) is 12.0. The van der Waals surface area contributed by atoms with Gasteiger partial charge in [0.2, 0.25) is 0 Å². The van der Waals surface area contributed by atoms with Crippen LogP contribution >= 0.6 is 31.1 Å². The van der Waals surface area contributed by atoms with Gasteiger partial charge in [0.05, 0.1) is 10.0 Å². The van der Waals surface area contributed by atoms with Crippen molar-refractivity contribution in [1.29, 1.82) is 0 Å². The van der Waals surface area contributed by atoms with Crippen LogP contribution in [0.15, 0.2) is 18.2 Å². The average molecular weight is 402 g/mol. The van der Waals surface area contributed by atoms with Gasteiger partial charge in [0, 0.05) is 39.3 Å². The molecule has 0 saturated carbocycles. The summed E-state index contributed by atoms with van der Waals surface area (Å²) in [6.07, 6.45) is 7.76. The zero-order valence-electron chi connectivity index (χ0n) is 14.8. The van der Waals surface area contributed by atoms with Gasteiger partial charge in [-0.25, -0.2) is 5.09 Å². The molecule has 1 aromatic carbocycles. The van der Waals surface area contributed by atoms with E-state index in [9.17, 15) is 0 Å². The maximum atomic E-state index is 6.57. The summed E-state index contributed by atoms with van der Waals surface area (Å²) in [4.78, 5) is 0. The molecule has 138 valence electrons. The minimum Gasteiger partial charge on any atom is -0.211 e. The van der Waals surface area contributed by atoms with E-state index in [2.05, 4.69) is 19.1 Å². The van der Waals surface area contributed by atoms with Gasteiger partial charge < -0.3 is 0 Å². The molecule has 25 heavy (non-hydrogen) atoms. The SMILES string of the molecule is Clc1cccc(Cl)c1N[P+](N1CCCC1)(N1CCCC1)N1CCCC1. The van der Waals surface area contributed by atoms with Gasteiger partial charge in [0.15, 0.2) is 0 Å². The van der Waals surface area contributed by atoms with Gasteiger partial charge in [-0.3, -0.25) is 0 Å². The minimum absolute atomic E-state index is 0.731. The summed E-state index contributed by atoms with van der Waals surface area (Å²) in [5, 5.41) is 5.44. The highest BCUT2D eigenvalue weighted by Crippen LogP contribution is 2.70. The van der Waals surface area contributed by atoms with Crippen LogP contribution in [0.25, 0.3) is 0 Å². The molecule has 3 fully saturated rings. The molecule has 0 aliphatic carbocycles. The van der Waals surface area contributed by atoms with Crippen LogP contribution in [0, 0.1) is 0 Å². The summed E-state index contributed by atoms with van der Waals surface area (Å²) in [5.74, 6) is 0. The molecule has 0 aromatic heterocycles. The van der Waals surface area contributed by atoms with Gasteiger partial charge in [0.1, 0.15) is 5.69 Å². The maximum absolute atomic E-state index is 6.57. The minimum atomic E-state index is -1.83. The number of nitrogens with one attached hydrogen (secondary N) is 1. The summed E-state index contributed by atoms with van der Waals surface area (Å²) in [6, 6.07) is 5.82. The van der Waals surface area contributed by atoms with Crippen LogP contribution in [0.4, 0.5) is 5.69 Å². The third kappa shape index (κ3) is 3.42. The van der Waals surface area contributed by atoms with Crippen molar-refractivity contribution in [2.24, 2.45) is 0 Å². The Balaban J connectivity index is 1.77. The van der Waals surface area contributed by atoms with Crippen LogP contribution in [0.3, 0.4) is 0 Å². The zero-order valence-corrected chi connectivity index (χ0v) is 17.2. The largest absolute Gasteiger partial charge is 0.329 e. The molecule has 1 N–H and O–H groups in total. The molecule has 3 aliphatic heterocycles. The molecule has 3 heterocycles. The summed E-state index contributed by atoms with van der Waals surface area (Å²) in [7, 11) is -1.83. The number of halogens is 2. The molecule has 3 aliphatic rings. The van der Waals surface area contributed by atoms with Gasteiger partial charge >= 0.3 is 7.87 Å². The lowest BCUT2D eigenvalue weighted by Gasteiger charge is -2.43. The van der Waals surface area contributed by atoms with Crippen LogP contribution < -0.4 is 5.09 Å². The Bertz CT molecular complexity index is 536. The highest BCUT2D eigenvalue weighted by Gasteiger charge is 2.59. The third-order valence-electron chi connectivity index (χ3n) is 5.66. The van der Waals surface area contributed by atoms with Crippen molar-refractivity contribution < 1.29 is 0 Å². The van der Waals surface area contributed by atoms with Crippen LogP contribution in [-0.2, 0) is 0 Å². The van der Waals surface area contributed by atoms with Crippen LogP contribution in [0.5, 0.6) is 0 Å². The van der Waals surface area contributed by atoms with Gasteiger partial charge in [-0.1, -0.05) is 29.3 Å². The van der Waals surface area contributed by atoms with E-state index in [1.807, 2.05) is 18.2 Å². The number of rotatable bonds is 5. The van der Waals surface area contributed by atoms with E-state index < -0.39 is 7.87 Å². The second-order valence-electron chi connectivity index (χ2n) is 7.26. The van der Waals surface area contributed by atoms with E-state index in [0.717, 1.165) is 15.7 Å². The Morgan fingerprint density at radius 3 is 1.40 bits per heavy atom. The quantitative estimate of drug-likeness (QED) is 0.669. The van der Waals surface area contributed by atoms with E-state index >= 15 is 0 Å². The molecule has 0 atom stereocenters. The van der Waals surface area contributed by atoms with Crippen molar-refractivity contribution in [1.82, 2.24) is 14.0 Å². The van der Waals surface area contributed by atoms with Crippen LogP contribution in [0.2, 0.25) is 10.0 Å². The smallest absolute Gasteiger partial charge is 0.211 e.